The van der Waals surface area contributed by atoms with Gasteiger partial charge in [0.05, 0.1) is 15.1 Å². The molecule has 0 N–H and O–H groups in total. The highest BCUT2D eigenvalue weighted by Crippen LogP contribution is 2.15. The minimum Gasteiger partial charge on any atom is -0.319 e. The van der Waals surface area contributed by atoms with Gasteiger partial charge in [0.25, 0.3) is 11.6 Å². The molecule has 0 aliphatic rings. The monoisotopic (exact) mass is 339 g/mol. The van der Waals surface area contributed by atoms with Gasteiger partial charge in [-0.05, 0) is 35.9 Å². The SMILES string of the molecule is Cn1c(=NC(=O)C=Cc2ccc([N+](=O)[O-])cc2)sc2ccccc21. The van der Waals surface area contributed by atoms with E-state index in [1.807, 2.05) is 35.9 Å². The molecule has 0 saturated carbocycles. The standard InChI is InChI=1S/C17H13N3O3S/c1-19-14-4-2-3-5-15(14)24-17(19)18-16(21)11-8-12-6-9-13(10-7-12)20(22)23/h2-11H,1H3. The van der Waals surface area contributed by atoms with Crippen LogP contribution in [0, 0.1) is 10.1 Å². The molecule has 3 rings (SSSR count). The summed E-state index contributed by atoms with van der Waals surface area (Å²) in [6.07, 6.45) is 2.94. The fraction of sp³-hybridized carbons (Fsp3) is 0.0588. The molecule has 0 fully saturated rings. The van der Waals surface area contributed by atoms with Crippen molar-refractivity contribution in [2.45, 2.75) is 0 Å². The highest BCUT2D eigenvalue weighted by molar-refractivity contribution is 7.16. The zero-order valence-corrected chi connectivity index (χ0v) is 13.6. The molecule has 0 bridgehead atoms. The van der Waals surface area contributed by atoms with Crippen LogP contribution >= 0.6 is 11.3 Å². The molecule has 0 saturated heterocycles. The predicted molar refractivity (Wildman–Crippen MR) is 93.5 cm³/mol. The van der Waals surface area contributed by atoms with Crippen LogP contribution in [0.25, 0.3) is 16.3 Å². The van der Waals surface area contributed by atoms with Gasteiger partial charge < -0.3 is 4.57 Å². The van der Waals surface area contributed by atoms with Crippen molar-refractivity contribution in [3.05, 3.63) is 75.1 Å². The number of nitrogens with zero attached hydrogens (tertiary/aromatic N) is 3. The van der Waals surface area contributed by atoms with E-state index < -0.39 is 4.92 Å². The third-order valence-corrected chi connectivity index (χ3v) is 4.56. The topological polar surface area (TPSA) is 77.5 Å². The van der Waals surface area contributed by atoms with Crippen LogP contribution in [0.2, 0.25) is 0 Å². The Hall–Kier alpha value is -3.06. The number of hydrogen-bond donors (Lipinski definition) is 0. The van der Waals surface area contributed by atoms with E-state index in [4.69, 9.17) is 0 Å². The summed E-state index contributed by atoms with van der Waals surface area (Å²) in [5, 5.41) is 10.6. The summed E-state index contributed by atoms with van der Waals surface area (Å²) in [6.45, 7) is 0. The van der Waals surface area contributed by atoms with E-state index in [-0.39, 0.29) is 11.6 Å². The summed E-state index contributed by atoms with van der Waals surface area (Å²) < 4.78 is 2.93. The molecule has 24 heavy (non-hydrogen) atoms. The average Bonchev–Trinajstić information content (AvgIpc) is 2.89. The lowest BCUT2D eigenvalue weighted by Crippen LogP contribution is -2.12. The predicted octanol–water partition coefficient (Wildman–Crippen LogP) is 3.29. The molecule has 0 spiro atoms. The van der Waals surface area contributed by atoms with Crippen LogP contribution in [0.4, 0.5) is 5.69 Å². The van der Waals surface area contributed by atoms with Gasteiger partial charge >= 0.3 is 0 Å². The Labute approximate surface area is 141 Å². The summed E-state index contributed by atoms with van der Waals surface area (Å²) in [5.41, 5.74) is 1.73. The quantitative estimate of drug-likeness (QED) is 0.417. The average molecular weight is 339 g/mol. The Kier molecular flexibility index (Phi) is 4.35. The molecule has 7 heteroatoms. The van der Waals surface area contributed by atoms with Crippen molar-refractivity contribution in [2.75, 3.05) is 0 Å². The number of carbonyl (C=O) groups excluding carboxylic acids is 1. The molecule has 1 heterocycles. The van der Waals surface area contributed by atoms with Crippen molar-refractivity contribution in [2.24, 2.45) is 12.0 Å². The van der Waals surface area contributed by atoms with Gasteiger partial charge in [-0.2, -0.15) is 4.99 Å². The molecule has 2 aromatic carbocycles. The molecule has 0 aliphatic carbocycles. The molecule has 0 aliphatic heterocycles. The maximum absolute atomic E-state index is 12.0. The highest BCUT2D eigenvalue weighted by atomic mass is 32.1. The number of hydrogen-bond acceptors (Lipinski definition) is 4. The maximum atomic E-state index is 12.0. The van der Waals surface area contributed by atoms with Crippen LogP contribution in [0.3, 0.4) is 0 Å². The molecule has 1 aromatic heterocycles. The van der Waals surface area contributed by atoms with Crippen molar-refractivity contribution in [3.8, 4) is 0 Å². The van der Waals surface area contributed by atoms with E-state index in [9.17, 15) is 14.9 Å². The largest absolute Gasteiger partial charge is 0.319 e. The maximum Gasteiger partial charge on any atom is 0.272 e. The van der Waals surface area contributed by atoms with Crippen LogP contribution in [0.15, 0.2) is 59.6 Å². The van der Waals surface area contributed by atoms with E-state index in [0.717, 1.165) is 10.2 Å². The third kappa shape index (κ3) is 3.31. The van der Waals surface area contributed by atoms with Crippen LogP contribution in [-0.2, 0) is 11.8 Å². The van der Waals surface area contributed by atoms with Gasteiger partial charge in [-0.15, -0.1) is 0 Å². The molecular formula is C17H13N3O3S. The number of amides is 1. The number of fused-ring (bicyclic) bond motifs is 1. The summed E-state index contributed by atoms with van der Waals surface area (Å²) >= 11 is 1.45. The number of aryl methyl sites for hydroxylation is 1. The fourth-order valence-corrected chi connectivity index (χ4v) is 3.22. The lowest BCUT2D eigenvalue weighted by Gasteiger charge is -1.94. The summed E-state index contributed by atoms with van der Waals surface area (Å²) in [6, 6.07) is 13.8. The molecular weight excluding hydrogens is 326 g/mol. The minimum atomic E-state index is -0.463. The summed E-state index contributed by atoms with van der Waals surface area (Å²) in [5.74, 6) is -0.379. The minimum absolute atomic E-state index is 0.0143. The Bertz CT molecular complexity index is 1010. The van der Waals surface area contributed by atoms with Gasteiger partial charge in [0.1, 0.15) is 0 Å². The zero-order valence-electron chi connectivity index (χ0n) is 12.7. The molecule has 6 nitrogen and oxygen atoms in total. The van der Waals surface area contributed by atoms with E-state index in [2.05, 4.69) is 4.99 Å². The third-order valence-electron chi connectivity index (χ3n) is 3.44. The molecule has 0 atom stereocenters. The number of para-hydroxylation sites is 1. The van der Waals surface area contributed by atoms with E-state index in [1.165, 1.54) is 29.5 Å². The first-order chi connectivity index (χ1) is 11.5. The number of benzene rings is 2. The van der Waals surface area contributed by atoms with Crippen molar-refractivity contribution < 1.29 is 9.72 Å². The molecule has 0 radical (unpaired) electrons. The van der Waals surface area contributed by atoms with Crippen LogP contribution in [0.5, 0.6) is 0 Å². The summed E-state index contributed by atoms with van der Waals surface area (Å²) in [7, 11) is 1.87. The molecule has 3 aromatic rings. The number of rotatable bonds is 3. The van der Waals surface area contributed by atoms with Crippen LogP contribution < -0.4 is 4.80 Å². The van der Waals surface area contributed by atoms with Gasteiger partial charge in [-0.25, -0.2) is 0 Å². The van der Waals surface area contributed by atoms with Gasteiger partial charge in [0.2, 0.25) is 0 Å². The second-order valence-electron chi connectivity index (χ2n) is 5.04. The number of aromatic nitrogens is 1. The first-order valence-electron chi connectivity index (χ1n) is 7.10. The fourth-order valence-electron chi connectivity index (χ4n) is 2.19. The first kappa shape index (κ1) is 15.8. The first-order valence-corrected chi connectivity index (χ1v) is 7.92. The number of nitro groups is 1. The van der Waals surface area contributed by atoms with Crippen molar-refractivity contribution >= 4 is 39.2 Å². The van der Waals surface area contributed by atoms with E-state index in [1.54, 1.807) is 18.2 Å². The van der Waals surface area contributed by atoms with Gasteiger partial charge in [-0.1, -0.05) is 23.5 Å². The lowest BCUT2D eigenvalue weighted by atomic mass is 10.2. The zero-order chi connectivity index (χ0) is 17.1. The molecule has 0 unspecified atom stereocenters. The summed E-state index contributed by atoms with van der Waals surface area (Å²) in [4.78, 5) is 26.9. The lowest BCUT2D eigenvalue weighted by molar-refractivity contribution is -0.384. The Balaban J connectivity index is 1.83. The Morgan fingerprint density at radius 2 is 1.92 bits per heavy atom. The van der Waals surface area contributed by atoms with Crippen molar-refractivity contribution in [3.63, 3.8) is 0 Å². The number of nitro benzene ring substituents is 1. The highest BCUT2D eigenvalue weighted by Gasteiger charge is 2.04. The van der Waals surface area contributed by atoms with Gasteiger partial charge in [0, 0.05) is 25.3 Å². The number of non-ortho nitro benzene ring substituents is 1. The smallest absolute Gasteiger partial charge is 0.272 e. The van der Waals surface area contributed by atoms with Crippen molar-refractivity contribution in [1.29, 1.82) is 0 Å². The van der Waals surface area contributed by atoms with E-state index in [0.29, 0.717) is 10.4 Å². The van der Waals surface area contributed by atoms with Crippen LogP contribution in [0.1, 0.15) is 5.56 Å². The second kappa shape index (κ2) is 6.59. The number of carbonyl (C=O) groups is 1. The van der Waals surface area contributed by atoms with Crippen LogP contribution in [-0.4, -0.2) is 15.4 Å². The Morgan fingerprint density at radius 3 is 2.58 bits per heavy atom. The van der Waals surface area contributed by atoms with Gasteiger partial charge in [0.15, 0.2) is 4.80 Å². The molecule has 120 valence electrons. The molecule has 1 amide bonds. The normalized spacial score (nSPS) is 12.1. The van der Waals surface area contributed by atoms with Gasteiger partial charge in [-0.3, -0.25) is 14.9 Å². The Morgan fingerprint density at radius 1 is 1.21 bits per heavy atom. The second-order valence-corrected chi connectivity index (χ2v) is 6.05. The van der Waals surface area contributed by atoms with Crippen molar-refractivity contribution in [1.82, 2.24) is 4.57 Å². The number of thiazole rings is 1. The van der Waals surface area contributed by atoms with E-state index >= 15 is 0 Å².